The van der Waals surface area contributed by atoms with Gasteiger partial charge in [-0.2, -0.15) is 18.5 Å². The van der Waals surface area contributed by atoms with Gasteiger partial charge in [-0.15, -0.1) is 0 Å². The Morgan fingerprint density at radius 2 is 1.58 bits per heavy atom. The lowest BCUT2D eigenvalue weighted by atomic mass is 10.1. The number of aromatic nitrogens is 1. The third kappa shape index (κ3) is 5.85. The van der Waals surface area contributed by atoms with Crippen LogP contribution in [0, 0.1) is 0 Å². The van der Waals surface area contributed by atoms with Gasteiger partial charge < -0.3 is 0 Å². The van der Waals surface area contributed by atoms with Gasteiger partial charge in [0.2, 0.25) is 0 Å². The van der Waals surface area contributed by atoms with Crippen LogP contribution in [-0.4, -0.2) is 29.6 Å². The summed E-state index contributed by atoms with van der Waals surface area (Å²) in [7, 11) is -4.28. The summed E-state index contributed by atoms with van der Waals surface area (Å²) in [5, 5.41) is 6.01. The largest absolute Gasteiger partial charge is 0.294 e. The van der Waals surface area contributed by atoms with E-state index in [2.05, 4.69) is 10.1 Å². The summed E-state index contributed by atoms with van der Waals surface area (Å²) < 4.78 is 31.2. The number of hydrazone groups is 1. The molecule has 0 saturated heterocycles. The van der Waals surface area contributed by atoms with Crippen LogP contribution in [0.5, 0.6) is 0 Å². The second kappa shape index (κ2) is 9.65. The van der Waals surface area contributed by atoms with Crippen molar-refractivity contribution in [1.82, 2.24) is 4.98 Å². The normalized spacial score (nSPS) is 14.8. The highest BCUT2D eigenvalue weighted by Crippen LogP contribution is 2.26. The van der Waals surface area contributed by atoms with Crippen LogP contribution in [-0.2, 0) is 14.9 Å². The molecule has 0 fully saturated rings. The van der Waals surface area contributed by atoms with Crippen LogP contribution in [0.1, 0.15) is 12.5 Å². The third-order valence-corrected chi connectivity index (χ3v) is 5.31. The first-order valence-electron chi connectivity index (χ1n) is 9.05. The van der Waals surface area contributed by atoms with Crippen LogP contribution >= 0.6 is 11.6 Å². The molecule has 158 valence electrons. The lowest BCUT2D eigenvalue weighted by Crippen LogP contribution is -2.21. The maximum absolute atomic E-state index is 12.6. The van der Waals surface area contributed by atoms with Gasteiger partial charge in [-0.3, -0.25) is 14.3 Å². The van der Waals surface area contributed by atoms with Crippen LogP contribution in [0.15, 0.2) is 94.7 Å². The van der Waals surface area contributed by atoms with Gasteiger partial charge in [0, 0.05) is 17.4 Å². The Morgan fingerprint density at radius 1 is 0.968 bits per heavy atom. The van der Waals surface area contributed by atoms with Crippen molar-refractivity contribution in [1.29, 1.82) is 0 Å². The van der Waals surface area contributed by atoms with E-state index in [1.54, 1.807) is 49.7 Å². The van der Waals surface area contributed by atoms with Gasteiger partial charge in [0.15, 0.2) is 0 Å². The lowest BCUT2D eigenvalue weighted by Gasteiger charge is -2.12. The number of hydrogen-bond acceptors (Lipinski definition) is 5. The standard InChI is InChI=1S/C17H13ClN2O4S.C5H5N/c1-11-16(10-12-2-4-13(18)5-3-12)17(21)20(19-11)14-6-8-15(9-7-14)25(22,23)24;1-2-4-6-5-3-1/h2-10H,1H3,(H,22,23,24);1-5H/b16-10-;. The highest BCUT2D eigenvalue weighted by Gasteiger charge is 2.28. The quantitative estimate of drug-likeness (QED) is 0.463. The van der Waals surface area contributed by atoms with Crippen LogP contribution < -0.4 is 5.01 Å². The number of carbonyl (C=O) groups is 1. The fourth-order valence-electron chi connectivity index (χ4n) is 2.66. The van der Waals surface area contributed by atoms with Crippen LogP contribution in [0.3, 0.4) is 0 Å². The van der Waals surface area contributed by atoms with Crippen molar-refractivity contribution in [2.24, 2.45) is 5.10 Å². The third-order valence-electron chi connectivity index (χ3n) is 4.19. The molecule has 2 aromatic carbocycles. The zero-order chi connectivity index (χ0) is 22.4. The highest BCUT2D eigenvalue weighted by molar-refractivity contribution is 7.85. The van der Waals surface area contributed by atoms with Crippen molar-refractivity contribution >= 4 is 45.1 Å². The van der Waals surface area contributed by atoms with Gasteiger partial charge in [-0.25, -0.2) is 0 Å². The second-order valence-corrected chi connectivity index (χ2v) is 8.26. The van der Waals surface area contributed by atoms with Crippen molar-refractivity contribution in [2.75, 3.05) is 5.01 Å². The highest BCUT2D eigenvalue weighted by atomic mass is 35.5. The molecule has 1 N–H and O–H groups in total. The fraction of sp³-hybridized carbons (Fsp3) is 0.0455. The summed E-state index contributed by atoms with van der Waals surface area (Å²) in [5.74, 6) is -0.327. The number of halogens is 1. The molecule has 0 aliphatic carbocycles. The minimum Gasteiger partial charge on any atom is -0.282 e. The minimum absolute atomic E-state index is 0.250. The van der Waals surface area contributed by atoms with Gasteiger partial charge in [-0.1, -0.05) is 29.8 Å². The molecule has 0 atom stereocenters. The summed E-state index contributed by atoms with van der Waals surface area (Å²) in [6.45, 7) is 1.71. The van der Waals surface area contributed by atoms with Crippen molar-refractivity contribution in [3.05, 3.63) is 95.3 Å². The Labute approximate surface area is 185 Å². The summed E-state index contributed by atoms with van der Waals surface area (Å²) in [5.41, 5.74) is 2.18. The molecule has 3 aromatic rings. The van der Waals surface area contributed by atoms with E-state index in [0.29, 0.717) is 22.0 Å². The summed E-state index contributed by atoms with van der Waals surface area (Å²) in [4.78, 5) is 16.2. The van der Waals surface area contributed by atoms with Crippen molar-refractivity contribution in [2.45, 2.75) is 11.8 Å². The molecule has 1 aliphatic rings. The molecule has 31 heavy (non-hydrogen) atoms. The number of pyridine rings is 1. The number of benzene rings is 2. The average Bonchev–Trinajstić information content (AvgIpc) is 3.05. The number of anilines is 1. The average molecular weight is 456 g/mol. The zero-order valence-corrected chi connectivity index (χ0v) is 18.0. The molecule has 0 spiro atoms. The zero-order valence-electron chi connectivity index (χ0n) is 16.4. The molecule has 7 nitrogen and oxygen atoms in total. The van der Waals surface area contributed by atoms with Crippen LogP contribution in [0.2, 0.25) is 5.02 Å². The summed E-state index contributed by atoms with van der Waals surface area (Å²) in [6.07, 6.45) is 5.21. The maximum Gasteiger partial charge on any atom is 0.294 e. The number of hydrogen-bond donors (Lipinski definition) is 1. The fourth-order valence-corrected chi connectivity index (χ4v) is 3.26. The number of amides is 1. The monoisotopic (exact) mass is 455 g/mol. The molecule has 0 unspecified atom stereocenters. The molecule has 0 bridgehead atoms. The van der Waals surface area contributed by atoms with Crippen molar-refractivity contribution in [3.63, 3.8) is 0 Å². The van der Waals surface area contributed by atoms with E-state index in [0.717, 1.165) is 5.56 Å². The first-order valence-corrected chi connectivity index (χ1v) is 10.9. The second-order valence-electron chi connectivity index (χ2n) is 6.41. The van der Waals surface area contributed by atoms with E-state index in [9.17, 15) is 13.2 Å². The van der Waals surface area contributed by atoms with Gasteiger partial charge in [-0.05, 0) is 67.1 Å². The first kappa shape index (κ1) is 22.4. The Bertz CT molecular complexity index is 1200. The molecule has 1 aliphatic heterocycles. The lowest BCUT2D eigenvalue weighted by molar-refractivity contribution is -0.114. The van der Waals surface area contributed by atoms with Crippen molar-refractivity contribution in [3.8, 4) is 0 Å². The topological polar surface area (TPSA) is 99.9 Å². The van der Waals surface area contributed by atoms with Gasteiger partial charge >= 0.3 is 0 Å². The Kier molecular flexibility index (Phi) is 6.96. The number of carbonyl (C=O) groups excluding carboxylic acids is 1. The van der Waals surface area contributed by atoms with E-state index in [1.165, 1.54) is 29.3 Å². The minimum atomic E-state index is -4.28. The van der Waals surface area contributed by atoms with E-state index in [4.69, 9.17) is 16.2 Å². The molecule has 1 amide bonds. The van der Waals surface area contributed by atoms with Gasteiger partial charge in [0.25, 0.3) is 16.0 Å². The molecular weight excluding hydrogens is 438 g/mol. The van der Waals surface area contributed by atoms with Crippen LogP contribution in [0.4, 0.5) is 5.69 Å². The predicted octanol–water partition coefficient (Wildman–Crippen LogP) is 4.47. The molecule has 0 radical (unpaired) electrons. The summed E-state index contributed by atoms with van der Waals surface area (Å²) >= 11 is 5.85. The smallest absolute Gasteiger partial charge is 0.282 e. The van der Waals surface area contributed by atoms with Crippen molar-refractivity contribution < 1.29 is 17.8 Å². The summed E-state index contributed by atoms with van der Waals surface area (Å²) in [6, 6.07) is 18.0. The maximum atomic E-state index is 12.6. The number of nitrogens with zero attached hydrogens (tertiary/aromatic N) is 3. The Morgan fingerprint density at radius 3 is 2.06 bits per heavy atom. The van der Waals surface area contributed by atoms with Gasteiger partial charge in [0.05, 0.1) is 21.9 Å². The van der Waals surface area contributed by atoms with E-state index in [-0.39, 0.29) is 10.8 Å². The SMILES string of the molecule is CC1=NN(c2ccc(S(=O)(=O)O)cc2)C(=O)/C1=C\c1ccc(Cl)cc1.c1ccncc1. The Hall–Kier alpha value is -3.33. The molecule has 4 rings (SSSR count). The molecular formula is C22H18ClN3O4S. The van der Waals surface area contributed by atoms with E-state index >= 15 is 0 Å². The number of rotatable bonds is 3. The molecule has 0 saturated carbocycles. The van der Waals surface area contributed by atoms with Crippen LogP contribution in [0.25, 0.3) is 6.08 Å². The molecule has 9 heteroatoms. The van der Waals surface area contributed by atoms with Gasteiger partial charge in [0.1, 0.15) is 0 Å². The van der Waals surface area contributed by atoms with E-state index < -0.39 is 10.1 Å². The van der Waals surface area contributed by atoms with E-state index in [1.807, 2.05) is 18.2 Å². The Balaban J connectivity index is 0.000000391. The first-order chi connectivity index (χ1) is 14.8. The molecule has 2 heterocycles. The predicted molar refractivity (Wildman–Crippen MR) is 121 cm³/mol. The molecule has 1 aromatic heterocycles.